The lowest BCUT2D eigenvalue weighted by atomic mass is 9.82. The molecule has 6 heteroatoms. The van der Waals surface area contributed by atoms with Gasteiger partial charge in [-0.15, -0.1) is 0 Å². The lowest BCUT2D eigenvalue weighted by Gasteiger charge is -2.29. The Kier molecular flexibility index (Phi) is 7.30. The van der Waals surface area contributed by atoms with E-state index < -0.39 is 11.9 Å². The molecule has 0 saturated heterocycles. The van der Waals surface area contributed by atoms with Crippen molar-refractivity contribution in [1.82, 2.24) is 10.6 Å². The van der Waals surface area contributed by atoms with Gasteiger partial charge in [0, 0.05) is 6.92 Å². The third-order valence-electron chi connectivity index (χ3n) is 4.73. The molecule has 6 nitrogen and oxygen atoms in total. The molecule has 0 heterocycles. The standard InChI is InChI=1S/C21H25N3O3/c1-14(25)20(17-7-5-4-6-8-17)24-21(27)19(23-15(2)26)13-16-9-11-18(22-3)12-10-16/h9-13,17,20H,4-8H2,1-2H3,(H,23,26)(H,24,27)/b19-13-. The predicted octanol–water partition coefficient (Wildman–Crippen LogP) is 3.37. The maximum Gasteiger partial charge on any atom is 0.268 e. The second-order valence-corrected chi connectivity index (χ2v) is 6.90. The molecular weight excluding hydrogens is 342 g/mol. The van der Waals surface area contributed by atoms with Gasteiger partial charge in [0.2, 0.25) is 5.91 Å². The highest BCUT2D eigenvalue weighted by molar-refractivity contribution is 6.02. The summed E-state index contributed by atoms with van der Waals surface area (Å²) in [6.45, 7) is 9.80. The topological polar surface area (TPSA) is 79.6 Å². The highest BCUT2D eigenvalue weighted by Crippen LogP contribution is 2.27. The molecular formula is C21H25N3O3. The van der Waals surface area contributed by atoms with Crippen LogP contribution in [0.3, 0.4) is 0 Å². The highest BCUT2D eigenvalue weighted by Gasteiger charge is 2.29. The summed E-state index contributed by atoms with van der Waals surface area (Å²) in [5.74, 6) is -0.785. The van der Waals surface area contributed by atoms with Gasteiger partial charge in [-0.2, -0.15) is 0 Å². The van der Waals surface area contributed by atoms with Crippen molar-refractivity contribution in [3.63, 3.8) is 0 Å². The third-order valence-corrected chi connectivity index (χ3v) is 4.73. The molecule has 1 aromatic rings. The fourth-order valence-electron chi connectivity index (χ4n) is 3.40. The summed E-state index contributed by atoms with van der Waals surface area (Å²) in [6, 6.07) is 6.14. The van der Waals surface area contributed by atoms with E-state index in [-0.39, 0.29) is 23.3 Å². The summed E-state index contributed by atoms with van der Waals surface area (Å²) in [6.07, 6.45) is 6.66. The molecule has 0 bridgehead atoms. The van der Waals surface area contributed by atoms with E-state index in [4.69, 9.17) is 6.57 Å². The number of amides is 2. The van der Waals surface area contributed by atoms with Crippen LogP contribution in [-0.4, -0.2) is 23.6 Å². The Hall–Kier alpha value is -2.94. The van der Waals surface area contributed by atoms with Crippen LogP contribution in [0, 0.1) is 12.5 Å². The first kappa shape index (κ1) is 20.4. The van der Waals surface area contributed by atoms with E-state index in [1.807, 2.05) is 0 Å². The smallest absolute Gasteiger partial charge is 0.268 e. The Morgan fingerprint density at radius 1 is 1.11 bits per heavy atom. The van der Waals surface area contributed by atoms with Gasteiger partial charge in [0.05, 0.1) is 12.6 Å². The Bertz CT molecular complexity index is 769. The number of benzene rings is 1. The molecule has 1 fully saturated rings. The largest absolute Gasteiger partial charge is 0.341 e. The molecule has 2 N–H and O–H groups in total. The molecule has 0 aromatic heterocycles. The van der Waals surface area contributed by atoms with Crippen molar-refractivity contribution >= 4 is 29.4 Å². The van der Waals surface area contributed by atoms with E-state index in [0.717, 1.165) is 32.1 Å². The van der Waals surface area contributed by atoms with Gasteiger partial charge in [0.15, 0.2) is 11.5 Å². The molecule has 1 aliphatic carbocycles. The van der Waals surface area contributed by atoms with E-state index in [1.165, 1.54) is 13.8 Å². The van der Waals surface area contributed by atoms with Crippen LogP contribution < -0.4 is 10.6 Å². The monoisotopic (exact) mass is 367 g/mol. The fraction of sp³-hybridized carbons (Fsp3) is 0.429. The molecule has 0 aliphatic heterocycles. The van der Waals surface area contributed by atoms with E-state index in [2.05, 4.69) is 15.5 Å². The number of nitrogens with zero attached hydrogens (tertiary/aromatic N) is 1. The van der Waals surface area contributed by atoms with E-state index in [1.54, 1.807) is 30.3 Å². The van der Waals surface area contributed by atoms with Crippen molar-refractivity contribution < 1.29 is 14.4 Å². The van der Waals surface area contributed by atoms with Gasteiger partial charge >= 0.3 is 0 Å². The first-order chi connectivity index (χ1) is 12.9. The van der Waals surface area contributed by atoms with Gasteiger partial charge in [0.25, 0.3) is 5.91 Å². The van der Waals surface area contributed by atoms with Crippen molar-refractivity contribution in [1.29, 1.82) is 0 Å². The van der Waals surface area contributed by atoms with E-state index >= 15 is 0 Å². The summed E-state index contributed by atoms with van der Waals surface area (Å²) >= 11 is 0. The molecule has 0 radical (unpaired) electrons. The molecule has 1 unspecified atom stereocenters. The summed E-state index contributed by atoms with van der Waals surface area (Å²) < 4.78 is 0. The average molecular weight is 367 g/mol. The molecule has 1 saturated carbocycles. The first-order valence-corrected chi connectivity index (χ1v) is 9.19. The van der Waals surface area contributed by atoms with E-state index in [9.17, 15) is 14.4 Å². The van der Waals surface area contributed by atoms with Crippen molar-refractivity contribution in [3.8, 4) is 0 Å². The van der Waals surface area contributed by atoms with Gasteiger partial charge in [-0.25, -0.2) is 4.85 Å². The Morgan fingerprint density at radius 2 is 1.74 bits per heavy atom. The minimum Gasteiger partial charge on any atom is -0.341 e. The van der Waals surface area contributed by atoms with Gasteiger partial charge in [-0.1, -0.05) is 43.5 Å². The molecule has 0 spiro atoms. The molecule has 2 amide bonds. The first-order valence-electron chi connectivity index (χ1n) is 9.19. The molecule has 142 valence electrons. The lowest BCUT2D eigenvalue weighted by molar-refractivity contribution is -0.127. The second-order valence-electron chi connectivity index (χ2n) is 6.90. The van der Waals surface area contributed by atoms with Crippen LogP contribution in [0.2, 0.25) is 0 Å². The Labute approximate surface area is 159 Å². The quantitative estimate of drug-likeness (QED) is 0.598. The zero-order valence-electron chi connectivity index (χ0n) is 15.7. The number of ketones is 1. The second kappa shape index (κ2) is 9.67. The molecule has 1 aromatic carbocycles. The number of carbonyl (C=O) groups excluding carboxylic acids is 3. The maximum absolute atomic E-state index is 12.8. The van der Waals surface area contributed by atoms with Crippen LogP contribution in [0.4, 0.5) is 5.69 Å². The predicted molar refractivity (Wildman–Crippen MR) is 104 cm³/mol. The Morgan fingerprint density at radius 3 is 2.26 bits per heavy atom. The maximum atomic E-state index is 12.8. The minimum absolute atomic E-state index is 0.0705. The van der Waals surface area contributed by atoms with Crippen LogP contribution in [-0.2, 0) is 14.4 Å². The minimum atomic E-state index is -0.542. The molecule has 2 rings (SSSR count). The summed E-state index contributed by atoms with van der Waals surface area (Å²) in [4.78, 5) is 39.7. The fourth-order valence-corrected chi connectivity index (χ4v) is 3.40. The van der Waals surface area contributed by atoms with Crippen molar-refractivity contribution in [2.24, 2.45) is 5.92 Å². The van der Waals surface area contributed by atoms with Gasteiger partial charge in [-0.05, 0) is 37.3 Å². The summed E-state index contributed by atoms with van der Waals surface area (Å²) in [7, 11) is 0. The number of hydrogen-bond donors (Lipinski definition) is 2. The third kappa shape index (κ3) is 6.07. The van der Waals surface area contributed by atoms with Crippen LogP contribution in [0.1, 0.15) is 51.5 Å². The highest BCUT2D eigenvalue weighted by atomic mass is 16.2. The van der Waals surface area contributed by atoms with Gasteiger partial charge in [-0.3, -0.25) is 14.4 Å². The number of hydrogen-bond acceptors (Lipinski definition) is 3. The van der Waals surface area contributed by atoms with Crippen molar-refractivity contribution in [2.75, 3.05) is 0 Å². The molecule has 1 aliphatic rings. The summed E-state index contributed by atoms with van der Waals surface area (Å²) in [5.41, 5.74) is 1.25. The Balaban J connectivity index is 2.21. The number of nitrogens with one attached hydrogen (secondary N) is 2. The number of rotatable bonds is 6. The normalized spacial score (nSPS) is 16.1. The van der Waals surface area contributed by atoms with Crippen LogP contribution in [0.15, 0.2) is 30.0 Å². The number of Topliss-reactive ketones (excluding diaryl/α,β-unsaturated/α-hetero) is 1. The van der Waals surface area contributed by atoms with Crippen LogP contribution in [0.5, 0.6) is 0 Å². The van der Waals surface area contributed by atoms with Crippen LogP contribution >= 0.6 is 0 Å². The van der Waals surface area contributed by atoms with Crippen LogP contribution in [0.25, 0.3) is 10.9 Å². The summed E-state index contributed by atoms with van der Waals surface area (Å²) in [5, 5.41) is 5.36. The molecule has 1 atom stereocenters. The van der Waals surface area contributed by atoms with E-state index in [0.29, 0.717) is 11.3 Å². The SMILES string of the molecule is [C-]#[N+]c1ccc(/C=C(\NC(C)=O)C(=O)NC(C(C)=O)C2CCCCC2)cc1. The van der Waals surface area contributed by atoms with Crippen molar-refractivity contribution in [2.45, 2.75) is 52.0 Å². The molecule has 27 heavy (non-hydrogen) atoms. The zero-order chi connectivity index (χ0) is 19.8. The zero-order valence-corrected chi connectivity index (χ0v) is 15.7. The average Bonchev–Trinajstić information content (AvgIpc) is 2.66. The lowest BCUT2D eigenvalue weighted by Crippen LogP contribution is -2.47. The van der Waals surface area contributed by atoms with Gasteiger partial charge < -0.3 is 10.6 Å². The van der Waals surface area contributed by atoms with Gasteiger partial charge in [0.1, 0.15) is 5.70 Å². The van der Waals surface area contributed by atoms with Crippen molar-refractivity contribution in [3.05, 3.63) is 46.9 Å². The number of carbonyl (C=O) groups is 3.